The van der Waals surface area contributed by atoms with Crippen molar-refractivity contribution in [2.24, 2.45) is 0 Å². The lowest BCUT2D eigenvalue weighted by Gasteiger charge is -2.11. The second-order valence-electron chi connectivity index (χ2n) is 5.63. The summed E-state index contributed by atoms with van der Waals surface area (Å²) >= 11 is -0.653. The fourth-order valence-corrected chi connectivity index (χ4v) is 3.23. The molecule has 0 spiro atoms. The van der Waals surface area contributed by atoms with Crippen molar-refractivity contribution < 1.29 is 21.4 Å². The summed E-state index contributed by atoms with van der Waals surface area (Å²) in [5.41, 5.74) is -0.693. The Morgan fingerprint density at radius 2 is 1.67 bits per heavy atom. The number of nitrogens with zero attached hydrogens (tertiary/aromatic N) is 4. The van der Waals surface area contributed by atoms with Crippen LogP contribution in [0, 0.1) is 5.82 Å². The maximum atomic E-state index is 13.7. The molecule has 0 saturated carbocycles. The van der Waals surface area contributed by atoms with E-state index in [1.807, 2.05) is 0 Å². The number of hydrogen-bond donors (Lipinski definition) is 0. The number of fused-ring (bicyclic) bond motifs is 1. The molecule has 0 amide bonds. The summed E-state index contributed by atoms with van der Waals surface area (Å²) in [6, 6.07) is 7.80. The van der Waals surface area contributed by atoms with Gasteiger partial charge in [-0.2, -0.15) is 22.4 Å². The highest BCUT2D eigenvalue weighted by Crippen LogP contribution is 2.44. The van der Waals surface area contributed by atoms with Gasteiger partial charge in [-0.15, -0.1) is 3.89 Å². The maximum Gasteiger partial charge on any atom is 0.434 e. The van der Waals surface area contributed by atoms with Gasteiger partial charge in [-0.25, -0.2) is 9.37 Å². The van der Waals surface area contributed by atoms with Crippen LogP contribution in [0.5, 0.6) is 0 Å². The third-order valence-corrected chi connectivity index (χ3v) is 4.38. The molecule has 0 saturated heterocycles. The van der Waals surface area contributed by atoms with Crippen LogP contribution in [0.3, 0.4) is 0 Å². The monoisotopic (exact) mass is 396 g/mol. The average Bonchev–Trinajstić information content (AvgIpc) is 3.25. The molecule has 4 rings (SSSR count). The average molecular weight is 396 g/mol. The van der Waals surface area contributed by atoms with E-state index in [2.05, 4.69) is 10.1 Å². The summed E-state index contributed by atoms with van der Waals surface area (Å²) in [6.07, 6.45) is -0.318. The molecule has 0 bridgehead atoms. The Labute approximate surface area is 153 Å². The Balaban J connectivity index is 2.04. The zero-order valence-corrected chi connectivity index (χ0v) is 14.1. The maximum absolute atomic E-state index is 13.7. The molecule has 4 aromatic rings. The summed E-state index contributed by atoms with van der Waals surface area (Å²) in [4.78, 5) is 4.05. The molecular weight excluding hydrogens is 387 g/mol. The molecule has 0 N–H and O–H groups in total. The predicted octanol–water partition coefficient (Wildman–Crippen LogP) is 5.40. The van der Waals surface area contributed by atoms with Crippen LogP contribution in [0.2, 0.25) is 0 Å². The summed E-state index contributed by atoms with van der Waals surface area (Å²) in [6.45, 7) is 0. The van der Waals surface area contributed by atoms with Crippen LogP contribution < -0.4 is 0 Å². The molecule has 3 aromatic heterocycles. The van der Waals surface area contributed by atoms with Crippen LogP contribution in [-0.4, -0.2) is 18.6 Å². The van der Waals surface area contributed by atoms with Crippen LogP contribution >= 0.6 is 12.3 Å². The number of pyridine rings is 1. The summed E-state index contributed by atoms with van der Waals surface area (Å²) in [5.74, 6) is -0.546. The van der Waals surface area contributed by atoms with Crippen molar-refractivity contribution >= 4 is 18.0 Å². The second-order valence-corrected chi connectivity index (χ2v) is 6.11. The van der Waals surface area contributed by atoms with E-state index in [0.717, 1.165) is 12.1 Å². The zero-order valence-electron chi connectivity index (χ0n) is 13.3. The van der Waals surface area contributed by atoms with Crippen molar-refractivity contribution in [2.75, 3.05) is 0 Å². The highest BCUT2D eigenvalue weighted by atomic mass is 32.2. The van der Waals surface area contributed by atoms with Crippen molar-refractivity contribution in [3.8, 4) is 22.4 Å². The summed E-state index contributed by atoms with van der Waals surface area (Å²) in [5, 5.41) is 3.78. The smallest absolute Gasteiger partial charge is 0.306 e. The number of benzene rings is 1. The molecule has 0 atom stereocenters. The number of alkyl halides is 3. The minimum Gasteiger partial charge on any atom is -0.306 e. The molecular formula is C17H9F5N4S. The van der Waals surface area contributed by atoms with E-state index in [0.29, 0.717) is 5.65 Å². The molecule has 0 aliphatic rings. The van der Waals surface area contributed by atoms with Gasteiger partial charge in [-0.05, 0) is 36.4 Å². The minimum atomic E-state index is -4.86. The number of rotatable bonds is 3. The van der Waals surface area contributed by atoms with E-state index in [-0.39, 0.29) is 26.5 Å². The lowest BCUT2D eigenvalue weighted by Crippen LogP contribution is -2.11. The summed E-state index contributed by atoms with van der Waals surface area (Å²) < 4.78 is 69.3. The fourth-order valence-electron chi connectivity index (χ4n) is 2.85. The van der Waals surface area contributed by atoms with E-state index in [4.69, 9.17) is 0 Å². The molecule has 1 aromatic carbocycles. The highest BCUT2D eigenvalue weighted by Gasteiger charge is 2.41. The lowest BCUT2D eigenvalue weighted by molar-refractivity contribution is -0.141. The minimum absolute atomic E-state index is 0.105. The van der Waals surface area contributed by atoms with E-state index in [1.54, 1.807) is 16.7 Å². The standard InChI is InChI=1S/C17H9F5N4S/c18-12-4-1-10(2-5-12)15-14(16(17(19,20)21)26(24-15)27-22)11-3-6-13-23-7-8-25(13)9-11/h1-9H. The van der Waals surface area contributed by atoms with Gasteiger partial charge >= 0.3 is 6.18 Å². The van der Waals surface area contributed by atoms with Crippen molar-refractivity contribution in [3.05, 3.63) is 66.5 Å². The van der Waals surface area contributed by atoms with Gasteiger partial charge in [0.15, 0.2) is 18.0 Å². The van der Waals surface area contributed by atoms with Crippen LogP contribution in [-0.2, 0) is 6.18 Å². The molecule has 3 heterocycles. The molecule has 0 unspecified atom stereocenters. The van der Waals surface area contributed by atoms with Crippen LogP contribution in [0.1, 0.15) is 5.69 Å². The Kier molecular flexibility index (Phi) is 4.14. The second kappa shape index (κ2) is 6.38. The van der Waals surface area contributed by atoms with E-state index < -0.39 is 30.0 Å². The van der Waals surface area contributed by atoms with Gasteiger partial charge in [0.2, 0.25) is 0 Å². The van der Waals surface area contributed by atoms with Gasteiger partial charge in [-0.1, -0.05) is 0 Å². The van der Waals surface area contributed by atoms with Gasteiger partial charge in [0, 0.05) is 35.3 Å². The highest BCUT2D eigenvalue weighted by molar-refractivity contribution is 7.92. The molecule has 0 aliphatic heterocycles. The SMILES string of the molecule is FSn1nc(-c2ccc(F)cc2)c(-c2ccc3nccn3c2)c1C(F)(F)F. The Bertz CT molecular complexity index is 1110. The topological polar surface area (TPSA) is 35.1 Å². The van der Waals surface area contributed by atoms with Crippen molar-refractivity contribution in [2.45, 2.75) is 6.18 Å². The van der Waals surface area contributed by atoms with Crippen molar-refractivity contribution in [1.29, 1.82) is 0 Å². The van der Waals surface area contributed by atoms with Crippen molar-refractivity contribution in [3.63, 3.8) is 0 Å². The first-order chi connectivity index (χ1) is 12.9. The number of imidazole rings is 1. The Morgan fingerprint density at radius 1 is 0.963 bits per heavy atom. The quantitative estimate of drug-likeness (QED) is 0.435. The predicted molar refractivity (Wildman–Crippen MR) is 90.9 cm³/mol. The van der Waals surface area contributed by atoms with Gasteiger partial charge in [0.1, 0.15) is 17.2 Å². The van der Waals surface area contributed by atoms with Crippen molar-refractivity contribution in [1.82, 2.24) is 18.6 Å². The van der Waals surface area contributed by atoms with E-state index >= 15 is 0 Å². The normalized spacial score (nSPS) is 12.0. The lowest BCUT2D eigenvalue weighted by atomic mass is 10.00. The van der Waals surface area contributed by atoms with Gasteiger partial charge < -0.3 is 4.40 Å². The molecule has 0 fully saturated rings. The first-order valence-corrected chi connectivity index (χ1v) is 8.24. The Hall–Kier alpha value is -2.88. The van der Waals surface area contributed by atoms with Crippen LogP contribution in [0.25, 0.3) is 28.0 Å². The number of aromatic nitrogens is 4. The number of hydrogen-bond acceptors (Lipinski definition) is 3. The molecule has 27 heavy (non-hydrogen) atoms. The molecule has 10 heteroatoms. The largest absolute Gasteiger partial charge is 0.434 e. The summed E-state index contributed by atoms with van der Waals surface area (Å²) in [7, 11) is 0. The van der Waals surface area contributed by atoms with Crippen LogP contribution in [0.15, 0.2) is 55.0 Å². The molecule has 138 valence electrons. The molecule has 0 aliphatic carbocycles. The first-order valence-electron chi connectivity index (χ1n) is 7.57. The third-order valence-electron chi connectivity index (χ3n) is 3.98. The molecule has 0 radical (unpaired) electrons. The first kappa shape index (κ1) is 17.5. The number of halogens is 5. The van der Waals surface area contributed by atoms with Gasteiger partial charge in [0.05, 0.1) is 0 Å². The zero-order chi connectivity index (χ0) is 19.2. The van der Waals surface area contributed by atoms with E-state index in [9.17, 15) is 21.4 Å². The van der Waals surface area contributed by atoms with Gasteiger partial charge in [0.25, 0.3) is 0 Å². The van der Waals surface area contributed by atoms with Crippen LogP contribution in [0.4, 0.5) is 21.4 Å². The molecule has 4 nitrogen and oxygen atoms in total. The third kappa shape index (κ3) is 3.05. The Morgan fingerprint density at radius 3 is 2.33 bits per heavy atom. The fraction of sp³-hybridized carbons (Fsp3) is 0.0588. The van der Waals surface area contributed by atoms with Gasteiger partial charge in [-0.3, -0.25) is 0 Å². The van der Waals surface area contributed by atoms with E-state index in [1.165, 1.54) is 30.6 Å².